The SMILES string of the molecule is CC(=O)c1ccc(N=Cc2cccc(OCC(=O)Nc3ccc(C)c(C)c3)c2)cc1. The Morgan fingerprint density at radius 3 is 2.43 bits per heavy atom. The van der Waals surface area contributed by atoms with Gasteiger partial charge < -0.3 is 10.1 Å². The lowest BCUT2D eigenvalue weighted by molar-refractivity contribution is -0.118. The van der Waals surface area contributed by atoms with Crippen LogP contribution in [0, 0.1) is 13.8 Å². The molecule has 0 spiro atoms. The van der Waals surface area contributed by atoms with Gasteiger partial charge in [-0.1, -0.05) is 18.2 Å². The minimum Gasteiger partial charge on any atom is -0.484 e. The Balaban J connectivity index is 1.57. The van der Waals surface area contributed by atoms with Crippen molar-refractivity contribution in [2.45, 2.75) is 20.8 Å². The number of aryl methyl sites for hydroxylation is 2. The molecule has 0 fully saturated rings. The minimum atomic E-state index is -0.220. The van der Waals surface area contributed by atoms with Gasteiger partial charge in [-0.3, -0.25) is 14.6 Å². The maximum atomic E-state index is 12.2. The van der Waals surface area contributed by atoms with Gasteiger partial charge in [0.1, 0.15) is 5.75 Å². The number of amides is 1. The van der Waals surface area contributed by atoms with Crippen LogP contribution in [0.25, 0.3) is 0 Å². The molecule has 1 amide bonds. The van der Waals surface area contributed by atoms with Crippen molar-refractivity contribution in [2.75, 3.05) is 11.9 Å². The average Bonchev–Trinajstić information content (AvgIpc) is 2.74. The fourth-order valence-corrected chi connectivity index (χ4v) is 2.78. The summed E-state index contributed by atoms with van der Waals surface area (Å²) < 4.78 is 5.62. The summed E-state index contributed by atoms with van der Waals surface area (Å²) in [7, 11) is 0. The number of ketones is 1. The van der Waals surface area contributed by atoms with Crippen LogP contribution in [0.2, 0.25) is 0 Å². The molecule has 0 heterocycles. The van der Waals surface area contributed by atoms with E-state index in [-0.39, 0.29) is 18.3 Å². The van der Waals surface area contributed by atoms with E-state index in [1.165, 1.54) is 12.5 Å². The summed E-state index contributed by atoms with van der Waals surface area (Å²) in [6.45, 7) is 5.49. The van der Waals surface area contributed by atoms with Gasteiger partial charge in [0.15, 0.2) is 12.4 Å². The van der Waals surface area contributed by atoms with Crippen molar-refractivity contribution in [1.82, 2.24) is 0 Å². The van der Waals surface area contributed by atoms with Crippen LogP contribution in [0.3, 0.4) is 0 Å². The second-order valence-corrected chi connectivity index (χ2v) is 7.07. The number of nitrogens with one attached hydrogen (secondary N) is 1. The molecule has 5 heteroatoms. The largest absolute Gasteiger partial charge is 0.484 e. The molecule has 1 N–H and O–H groups in total. The molecular weight excluding hydrogens is 376 g/mol. The monoisotopic (exact) mass is 400 g/mol. The third-order valence-electron chi connectivity index (χ3n) is 4.66. The normalized spacial score (nSPS) is 10.8. The first-order valence-corrected chi connectivity index (χ1v) is 9.66. The molecule has 30 heavy (non-hydrogen) atoms. The zero-order chi connectivity index (χ0) is 21.5. The summed E-state index contributed by atoms with van der Waals surface area (Å²) >= 11 is 0. The summed E-state index contributed by atoms with van der Waals surface area (Å²) in [5, 5.41) is 2.84. The quantitative estimate of drug-likeness (QED) is 0.434. The minimum absolute atomic E-state index is 0.0249. The summed E-state index contributed by atoms with van der Waals surface area (Å²) in [5.41, 5.74) is 5.30. The smallest absolute Gasteiger partial charge is 0.262 e. The second-order valence-electron chi connectivity index (χ2n) is 7.07. The highest BCUT2D eigenvalue weighted by Crippen LogP contribution is 2.17. The van der Waals surface area contributed by atoms with Crippen molar-refractivity contribution >= 4 is 29.3 Å². The Hall–Kier alpha value is -3.73. The number of Topliss-reactive ketones (excluding diaryl/α,β-unsaturated/α-hetero) is 1. The number of carbonyl (C=O) groups excluding carboxylic acids is 2. The van der Waals surface area contributed by atoms with Gasteiger partial charge in [-0.15, -0.1) is 0 Å². The lowest BCUT2D eigenvalue weighted by Crippen LogP contribution is -2.20. The fourth-order valence-electron chi connectivity index (χ4n) is 2.78. The first-order valence-electron chi connectivity index (χ1n) is 9.66. The predicted octanol–water partition coefficient (Wildman–Crippen LogP) is 5.27. The first kappa shape index (κ1) is 21.0. The number of hydrogen-bond donors (Lipinski definition) is 1. The standard InChI is InChI=1S/C25H24N2O3/c1-17-7-10-23(13-18(17)2)27-25(29)16-30-24-6-4-5-20(14-24)15-26-22-11-8-21(9-12-22)19(3)28/h4-15H,16H2,1-3H3,(H,27,29). The van der Waals surface area contributed by atoms with Crippen LogP contribution in [0.4, 0.5) is 11.4 Å². The molecule has 0 aromatic heterocycles. The third-order valence-corrected chi connectivity index (χ3v) is 4.66. The van der Waals surface area contributed by atoms with Crippen LogP contribution >= 0.6 is 0 Å². The second kappa shape index (κ2) is 9.65. The van der Waals surface area contributed by atoms with Gasteiger partial charge in [0, 0.05) is 17.5 Å². The molecule has 0 saturated heterocycles. The van der Waals surface area contributed by atoms with Crippen molar-refractivity contribution in [1.29, 1.82) is 0 Å². The highest BCUT2D eigenvalue weighted by Gasteiger charge is 2.05. The van der Waals surface area contributed by atoms with Crippen LogP contribution in [-0.4, -0.2) is 24.5 Å². The van der Waals surface area contributed by atoms with E-state index >= 15 is 0 Å². The number of hydrogen-bond acceptors (Lipinski definition) is 4. The molecule has 3 aromatic rings. The Kier molecular flexibility index (Phi) is 6.75. The molecule has 0 unspecified atom stereocenters. The molecule has 3 aromatic carbocycles. The molecule has 0 aliphatic heterocycles. The van der Waals surface area contributed by atoms with Crippen molar-refractivity contribution in [2.24, 2.45) is 4.99 Å². The summed E-state index contributed by atoms with van der Waals surface area (Å²) in [6, 6.07) is 20.2. The number of aliphatic imine (C=N–C) groups is 1. The van der Waals surface area contributed by atoms with Gasteiger partial charge in [-0.2, -0.15) is 0 Å². The van der Waals surface area contributed by atoms with E-state index in [9.17, 15) is 9.59 Å². The van der Waals surface area contributed by atoms with Gasteiger partial charge in [0.05, 0.1) is 5.69 Å². The maximum Gasteiger partial charge on any atom is 0.262 e. The Morgan fingerprint density at radius 1 is 0.967 bits per heavy atom. The molecular formula is C25H24N2O3. The molecule has 0 bridgehead atoms. The van der Waals surface area contributed by atoms with Crippen LogP contribution < -0.4 is 10.1 Å². The van der Waals surface area contributed by atoms with Crippen molar-refractivity contribution in [3.05, 3.63) is 89.0 Å². The molecule has 5 nitrogen and oxygen atoms in total. The van der Waals surface area contributed by atoms with Crippen molar-refractivity contribution in [3.8, 4) is 5.75 Å². The van der Waals surface area contributed by atoms with Crippen LogP contribution in [-0.2, 0) is 4.79 Å². The molecule has 3 rings (SSSR count). The highest BCUT2D eigenvalue weighted by atomic mass is 16.5. The van der Waals surface area contributed by atoms with Crippen LogP contribution in [0.1, 0.15) is 34.0 Å². The number of anilines is 1. The average molecular weight is 400 g/mol. The topological polar surface area (TPSA) is 67.8 Å². The van der Waals surface area contributed by atoms with Crippen LogP contribution in [0.15, 0.2) is 71.7 Å². The first-order chi connectivity index (χ1) is 14.4. The van der Waals surface area contributed by atoms with E-state index in [4.69, 9.17) is 4.74 Å². The van der Waals surface area contributed by atoms with Gasteiger partial charge in [0.2, 0.25) is 0 Å². The third kappa shape index (κ3) is 5.88. The lowest BCUT2D eigenvalue weighted by atomic mass is 10.1. The van der Waals surface area contributed by atoms with Gasteiger partial charge in [-0.05, 0) is 86.0 Å². The summed E-state index contributed by atoms with van der Waals surface area (Å²) in [4.78, 5) is 27.9. The Bertz CT molecular complexity index is 1090. The molecule has 0 radical (unpaired) electrons. The van der Waals surface area contributed by atoms with E-state index in [1.54, 1.807) is 36.5 Å². The Labute approximate surface area is 176 Å². The van der Waals surface area contributed by atoms with E-state index in [0.29, 0.717) is 11.3 Å². The van der Waals surface area contributed by atoms with E-state index in [1.807, 2.05) is 50.2 Å². The predicted molar refractivity (Wildman–Crippen MR) is 120 cm³/mol. The van der Waals surface area contributed by atoms with Crippen LogP contribution in [0.5, 0.6) is 5.75 Å². The Morgan fingerprint density at radius 2 is 1.73 bits per heavy atom. The highest BCUT2D eigenvalue weighted by molar-refractivity contribution is 5.94. The fraction of sp³-hybridized carbons (Fsp3) is 0.160. The van der Waals surface area contributed by atoms with Gasteiger partial charge >= 0.3 is 0 Å². The lowest BCUT2D eigenvalue weighted by Gasteiger charge is -2.09. The molecule has 0 saturated carbocycles. The van der Waals surface area contributed by atoms with Gasteiger partial charge in [-0.25, -0.2) is 0 Å². The zero-order valence-electron chi connectivity index (χ0n) is 17.3. The summed E-state index contributed by atoms with van der Waals surface area (Å²) in [5.74, 6) is 0.390. The van der Waals surface area contributed by atoms with Crippen molar-refractivity contribution < 1.29 is 14.3 Å². The van der Waals surface area contributed by atoms with E-state index < -0.39 is 0 Å². The molecule has 0 aliphatic rings. The summed E-state index contributed by atoms with van der Waals surface area (Å²) in [6.07, 6.45) is 1.71. The van der Waals surface area contributed by atoms with E-state index in [0.717, 1.165) is 22.5 Å². The zero-order valence-corrected chi connectivity index (χ0v) is 17.3. The molecule has 152 valence electrons. The van der Waals surface area contributed by atoms with E-state index in [2.05, 4.69) is 10.3 Å². The number of benzene rings is 3. The molecule has 0 aliphatic carbocycles. The molecule has 0 atom stereocenters. The number of rotatable bonds is 7. The number of ether oxygens (including phenoxy) is 1. The van der Waals surface area contributed by atoms with Gasteiger partial charge in [0.25, 0.3) is 5.91 Å². The maximum absolute atomic E-state index is 12.2. The number of carbonyl (C=O) groups is 2. The van der Waals surface area contributed by atoms with Crippen molar-refractivity contribution in [3.63, 3.8) is 0 Å². The number of nitrogens with zero attached hydrogens (tertiary/aromatic N) is 1.